The Kier molecular flexibility index (Phi) is 4.32. The van der Waals surface area contributed by atoms with Crippen molar-refractivity contribution in [2.24, 2.45) is 5.73 Å². The summed E-state index contributed by atoms with van der Waals surface area (Å²) in [6, 6.07) is 15.5. The molecular weight excluding hydrogens is 324 g/mol. The third-order valence-corrected chi connectivity index (χ3v) is 4.72. The summed E-state index contributed by atoms with van der Waals surface area (Å²) in [5, 5.41) is 0. The number of halogens is 1. The molecule has 2 aromatic rings. The third kappa shape index (κ3) is 3.14. The van der Waals surface area contributed by atoms with Crippen LogP contribution >= 0.6 is 15.9 Å². The first-order valence-corrected chi connectivity index (χ1v) is 8.32. The molecule has 0 aliphatic carbocycles. The minimum absolute atomic E-state index is 0.225. The Labute approximate surface area is 135 Å². The molecule has 0 aromatic heterocycles. The van der Waals surface area contributed by atoms with Crippen LogP contribution in [0.2, 0.25) is 0 Å². The second-order valence-corrected chi connectivity index (χ2v) is 6.69. The van der Waals surface area contributed by atoms with Crippen LogP contribution in [0.1, 0.15) is 30.0 Å². The molecule has 21 heavy (non-hydrogen) atoms. The van der Waals surface area contributed by atoms with E-state index in [-0.39, 0.29) is 6.04 Å². The van der Waals surface area contributed by atoms with E-state index in [9.17, 15) is 0 Å². The highest BCUT2D eigenvalue weighted by molar-refractivity contribution is 9.10. The first kappa shape index (κ1) is 14.6. The first-order valence-electron chi connectivity index (χ1n) is 7.53. The van der Waals surface area contributed by atoms with Crippen LogP contribution in [-0.4, -0.2) is 6.04 Å². The zero-order valence-electron chi connectivity index (χ0n) is 12.3. The van der Waals surface area contributed by atoms with Gasteiger partial charge in [-0.25, -0.2) is 0 Å². The Hall–Kier alpha value is -1.32. The Morgan fingerprint density at radius 2 is 1.81 bits per heavy atom. The summed E-state index contributed by atoms with van der Waals surface area (Å²) in [4.78, 5) is 2.45. The van der Waals surface area contributed by atoms with Gasteiger partial charge in [0.05, 0.1) is 0 Å². The van der Waals surface area contributed by atoms with Crippen LogP contribution < -0.4 is 10.6 Å². The predicted octanol–water partition coefficient (Wildman–Crippen LogP) is 4.25. The molecule has 1 heterocycles. The molecule has 0 fully saturated rings. The molecule has 3 rings (SSSR count). The van der Waals surface area contributed by atoms with Gasteiger partial charge in [-0.05, 0) is 47.7 Å². The monoisotopic (exact) mass is 344 g/mol. The molecule has 1 atom stereocenters. The molecule has 0 radical (unpaired) electrons. The van der Waals surface area contributed by atoms with Crippen molar-refractivity contribution in [3.05, 3.63) is 63.6 Å². The smallest absolute Gasteiger partial charge is 0.0436 e. The molecule has 0 amide bonds. The lowest BCUT2D eigenvalue weighted by molar-refractivity contribution is 0.644. The van der Waals surface area contributed by atoms with Gasteiger partial charge in [-0.1, -0.05) is 47.1 Å². The predicted molar refractivity (Wildman–Crippen MR) is 92.4 cm³/mol. The van der Waals surface area contributed by atoms with Crippen molar-refractivity contribution in [2.75, 3.05) is 4.90 Å². The fraction of sp³-hybridized carbons (Fsp3) is 0.333. The molecule has 0 saturated carbocycles. The topological polar surface area (TPSA) is 29.3 Å². The Bertz CT molecular complexity index is 614. The van der Waals surface area contributed by atoms with E-state index in [1.807, 2.05) is 0 Å². The van der Waals surface area contributed by atoms with Crippen molar-refractivity contribution in [1.82, 2.24) is 0 Å². The Morgan fingerprint density at radius 3 is 2.43 bits per heavy atom. The Morgan fingerprint density at radius 1 is 1.14 bits per heavy atom. The van der Waals surface area contributed by atoms with E-state index < -0.39 is 0 Å². The summed E-state index contributed by atoms with van der Waals surface area (Å²) < 4.78 is 1.13. The van der Waals surface area contributed by atoms with E-state index in [1.165, 1.54) is 22.4 Å². The molecule has 110 valence electrons. The van der Waals surface area contributed by atoms with Gasteiger partial charge in [0.1, 0.15) is 0 Å². The van der Waals surface area contributed by atoms with Crippen molar-refractivity contribution in [2.45, 2.75) is 38.9 Å². The highest BCUT2D eigenvalue weighted by atomic mass is 79.9. The zero-order valence-corrected chi connectivity index (χ0v) is 13.9. The molecular formula is C18H21BrN2. The summed E-state index contributed by atoms with van der Waals surface area (Å²) >= 11 is 3.59. The van der Waals surface area contributed by atoms with Crippen molar-refractivity contribution in [3.63, 3.8) is 0 Å². The molecule has 2 aromatic carbocycles. The number of nitrogens with zero attached hydrogens (tertiary/aromatic N) is 1. The number of hydrogen-bond donors (Lipinski definition) is 1. The number of rotatable bonds is 4. The van der Waals surface area contributed by atoms with Gasteiger partial charge in [-0.2, -0.15) is 0 Å². The highest BCUT2D eigenvalue weighted by Crippen LogP contribution is 2.32. The standard InChI is InChI=1S/C18H21BrN2/c1-2-17(20)10-15-9-16(19)7-8-18(15)21-11-13-5-3-4-6-14(13)12-21/h3-9,17H,2,10-12,20H2,1H3. The third-order valence-electron chi connectivity index (χ3n) is 4.23. The molecule has 1 aliphatic heterocycles. The summed E-state index contributed by atoms with van der Waals surface area (Å²) in [5.41, 5.74) is 11.7. The molecule has 0 saturated heterocycles. The fourth-order valence-corrected chi connectivity index (χ4v) is 3.36. The van der Waals surface area contributed by atoms with Crippen molar-refractivity contribution >= 4 is 21.6 Å². The second-order valence-electron chi connectivity index (χ2n) is 5.77. The van der Waals surface area contributed by atoms with Gasteiger partial charge < -0.3 is 10.6 Å². The van der Waals surface area contributed by atoms with Crippen molar-refractivity contribution < 1.29 is 0 Å². The first-order chi connectivity index (χ1) is 10.2. The van der Waals surface area contributed by atoms with Gasteiger partial charge in [0, 0.05) is 29.3 Å². The summed E-state index contributed by atoms with van der Waals surface area (Å²) in [5.74, 6) is 0. The lowest BCUT2D eigenvalue weighted by Crippen LogP contribution is -2.24. The number of anilines is 1. The molecule has 2 nitrogen and oxygen atoms in total. The number of fused-ring (bicyclic) bond motifs is 1. The van der Waals surface area contributed by atoms with E-state index in [1.54, 1.807) is 0 Å². The van der Waals surface area contributed by atoms with Gasteiger partial charge in [0.15, 0.2) is 0 Å². The maximum absolute atomic E-state index is 6.17. The zero-order chi connectivity index (χ0) is 14.8. The lowest BCUT2D eigenvalue weighted by atomic mass is 10.0. The Balaban J connectivity index is 1.89. The minimum Gasteiger partial charge on any atom is -0.363 e. The average molecular weight is 345 g/mol. The van der Waals surface area contributed by atoms with E-state index in [0.717, 1.165) is 30.4 Å². The molecule has 1 aliphatic rings. The largest absolute Gasteiger partial charge is 0.363 e. The molecule has 3 heteroatoms. The summed E-state index contributed by atoms with van der Waals surface area (Å²) in [6.07, 6.45) is 1.93. The highest BCUT2D eigenvalue weighted by Gasteiger charge is 2.21. The lowest BCUT2D eigenvalue weighted by Gasteiger charge is -2.23. The number of benzene rings is 2. The van der Waals surface area contributed by atoms with Crippen LogP contribution in [0.4, 0.5) is 5.69 Å². The quantitative estimate of drug-likeness (QED) is 0.898. The van der Waals surface area contributed by atoms with Crippen LogP contribution in [0.15, 0.2) is 46.9 Å². The van der Waals surface area contributed by atoms with E-state index in [2.05, 4.69) is 70.2 Å². The van der Waals surface area contributed by atoms with E-state index in [0.29, 0.717) is 0 Å². The van der Waals surface area contributed by atoms with Crippen LogP contribution in [-0.2, 0) is 19.5 Å². The maximum atomic E-state index is 6.17. The number of nitrogens with two attached hydrogens (primary N) is 1. The van der Waals surface area contributed by atoms with E-state index >= 15 is 0 Å². The molecule has 0 spiro atoms. The SMILES string of the molecule is CCC(N)Cc1cc(Br)ccc1N1Cc2ccccc2C1. The fourth-order valence-electron chi connectivity index (χ4n) is 2.96. The second kappa shape index (κ2) is 6.20. The minimum atomic E-state index is 0.225. The summed E-state index contributed by atoms with van der Waals surface area (Å²) in [7, 11) is 0. The van der Waals surface area contributed by atoms with Gasteiger partial charge >= 0.3 is 0 Å². The maximum Gasteiger partial charge on any atom is 0.0436 e. The van der Waals surface area contributed by atoms with Crippen LogP contribution in [0.3, 0.4) is 0 Å². The van der Waals surface area contributed by atoms with Crippen LogP contribution in [0, 0.1) is 0 Å². The van der Waals surface area contributed by atoms with Crippen molar-refractivity contribution in [1.29, 1.82) is 0 Å². The molecule has 0 bridgehead atoms. The van der Waals surface area contributed by atoms with Crippen molar-refractivity contribution in [3.8, 4) is 0 Å². The average Bonchev–Trinajstić information content (AvgIpc) is 2.90. The molecule has 2 N–H and O–H groups in total. The van der Waals surface area contributed by atoms with Crippen LogP contribution in [0.5, 0.6) is 0 Å². The number of hydrogen-bond acceptors (Lipinski definition) is 2. The van der Waals surface area contributed by atoms with Gasteiger partial charge in [0.25, 0.3) is 0 Å². The normalized spacial score (nSPS) is 15.1. The van der Waals surface area contributed by atoms with Crippen LogP contribution in [0.25, 0.3) is 0 Å². The van der Waals surface area contributed by atoms with E-state index in [4.69, 9.17) is 5.73 Å². The van der Waals surface area contributed by atoms with Gasteiger partial charge in [-0.15, -0.1) is 0 Å². The summed E-state index contributed by atoms with van der Waals surface area (Å²) in [6.45, 7) is 4.13. The van der Waals surface area contributed by atoms with Gasteiger partial charge in [0.2, 0.25) is 0 Å². The van der Waals surface area contributed by atoms with Gasteiger partial charge in [-0.3, -0.25) is 0 Å². The molecule has 1 unspecified atom stereocenters.